The molecular formula is C25H28N4O2. The molecule has 0 spiro atoms. The summed E-state index contributed by atoms with van der Waals surface area (Å²) in [5.74, 6) is 0.472. The number of ketones is 1. The Morgan fingerprint density at radius 2 is 1.58 bits per heavy atom. The largest absolute Gasteiger partial charge is 0.352 e. The van der Waals surface area contributed by atoms with Crippen molar-refractivity contribution in [3.05, 3.63) is 70.0 Å². The molecule has 0 aliphatic carbocycles. The maximum Gasteiger partial charge on any atom is 0.293 e. The van der Waals surface area contributed by atoms with E-state index < -0.39 is 0 Å². The number of aromatic nitrogens is 2. The van der Waals surface area contributed by atoms with E-state index in [-0.39, 0.29) is 17.4 Å². The smallest absolute Gasteiger partial charge is 0.293 e. The summed E-state index contributed by atoms with van der Waals surface area (Å²) >= 11 is 0. The maximum atomic E-state index is 13.3. The zero-order valence-corrected chi connectivity index (χ0v) is 18.3. The average Bonchev–Trinajstić information content (AvgIpc) is 2.77. The first kappa shape index (κ1) is 21.0. The fourth-order valence-electron chi connectivity index (χ4n) is 4.04. The molecule has 0 unspecified atom stereocenters. The van der Waals surface area contributed by atoms with Crippen LogP contribution in [0.1, 0.15) is 35.7 Å². The van der Waals surface area contributed by atoms with Gasteiger partial charge >= 0.3 is 0 Å². The van der Waals surface area contributed by atoms with Crippen molar-refractivity contribution in [2.24, 2.45) is 12.8 Å². The number of hydrogen-bond donors (Lipinski definition) is 1. The number of carbonyl (C=O) groups excluding carboxylic acids is 1. The number of Topliss-reactive ketones (excluding diaryl/α,β-unsaturated/α-hetero) is 1. The van der Waals surface area contributed by atoms with Gasteiger partial charge in [0.25, 0.3) is 5.56 Å². The maximum absolute atomic E-state index is 13.3. The quantitative estimate of drug-likeness (QED) is 0.658. The minimum atomic E-state index is -0.116. The number of piperidine rings is 1. The normalized spacial score (nSPS) is 14.6. The van der Waals surface area contributed by atoms with E-state index in [1.54, 1.807) is 18.5 Å². The van der Waals surface area contributed by atoms with Crippen LogP contribution in [0.4, 0.5) is 5.82 Å². The van der Waals surface area contributed by atoms with Crippen LogP contribution >= 0.6 is 0 Å². The predicted molar refractivity (Wildman–Crippen MR) is 125 cm³/mol. The lowest BCUT2D eigenvalue weighted by Crippen LogP contribution is -2.43. The first-order valence-corrected chi connectivity index (χ1v) is 10.6. The van der Waals surface area contributed by atoms with Crippen molar-refractivity contribution in [2.45, 2.75) is 32.7 Å². The number of benzene rings is 2. The van der Waals surface area contributed by atoms with Gasteiger partial charge in [0.1, 0.15) is 0 Å². The predicted octanol–water partition coefficient (Wildman–Crippen LogP) is 3.55. The van der Waals surface area contributed by atoms with Gasteiger partial charge in [0.15, 0.2) is 11.6 Å². The van der Waals surface area contributed by atoms with Gasteiger partial charge in [-0.25, -0.2) is 4.98 Å². The van der Waals surface area contributed by atoms with Crippen molar-refractivity contribution in [1.29, 1.82) is 0 Å². The molecule has 1 aliphatic heterocycles. The van der Waals surface area contributed by atoms with Crippen molar-refractivity contribution >= 4 is 11.6 Å². The summed E-state index contributed by atoms with van der Waals surface area (Å²) in [5.41, 5.74) is 11.0. The molecule has 160 valence electrons. The number of nitrogens with zero attached hydrogens (tertiary/aromatic N) is 3. The Kier molecular flexibility index (Phi) is 5.74. The molecule has 4 rings (SSSR count). The van der Waals surface area contributed by atoms with Crippen LogP contribution in [0.3, 0.4) is 0 Å². The average molecular weight is 417 g/mol. The molecule has 0 bridgehead atoms. The van der Waals surface area contributed by atoms with Gasteiger partial charge in [0, 0.05) is 42.9 Å². The zero-order valence-electron chi connectivity index (χ0n) is 18.3. The van der Waals surface area contributed by atoms with E-state index in [2.05, 4.69) is 0 Å². The van der Waals surface area contributed by atoms with Crippen molar-refractivity contribution in [3.63, 3.8) is 0 Å². The van der Waals surface area contributed by atoms with Crippen molar-refractivity contribution in [3.8, 4) is 22.5 Å². The van der Waals surface area contributed by atoms with E-state index in [1.165, 1.54) is 0 Å². The van der Waals surface area contributed by atoms with Crippen LogP contribution in [0.15, 0.2) is 53.3 Å². The molecule has 2 N–H and O–H groups in total. The van der Waals surface area contributed by atoms with E-state index in [1.807, 2.05) is 60.4 Å². The molecule has 1 aliphatic rings. The lowest BCUT2D eigenvalue weighted by molar-refractivity contribution is 0.101. The second-order valence-electron chi connectivity index (χ2n) is 8.32. The van der Waals surface area contributed by atoms with Crippen molar-refractivity contribution in [2.75, 3.05) is 18.0 Å². The standard InChI is InChI=1S/C25H28N4O2/c1-16-4-6-20(7-5-16)23-22(19-10-8-18(9-11-19)17(2)30)27-24(25(31)28(23)3)29-14-12-21(26)13-15-29/h4-11,21H,12-15,26H2,1-3H3. The number of carbonyl (C=O) groups is 1. The molecule has 3 aromatic rings. The second kappa shape index (κ2) is 8.47. The van der Waals surface area contributed by atoms with E-state index in [4.69, 9.17) is 10.7 Å². The van der Waals surface area contributed by atoms with E-state index in [0.29, 0.717) is 11.4 Å². The Hall–Kier alpha value is -3.25. The number of rotatable bonds is 4. The fourth-order valence-corrected chi connectivity index (χ4v) is 4.04. The van der Waals surface area contributed by atoms with Gasteiger partial charge in [-0.3, -0.25) is 9.59 Å². The van der Waals surface area contributed by atoms with Crippen LogP contribution in [0.2, 0.25) is 0 Å². The summed E-state index contributed by atoms with van der Waals surface area (Å²) in [6.45, 7) is 5.02. The summed E-state index contributed by atoms with van der Waals surface area (Å²) in [6.07, 6.45) is 1.68. The number of aryl methyl sites for hydroxylation is 1. The third-order valence-electron chi connectivity index (χ3n) is 6.00. The third-order valence-corrected chi connectivity index (χ3v) is 6.00. The van der Waals surface area contributed by atoms with Crippen molar-refractivity contribution < 1.29 is 4.79 Å². The number of anilines is 1. The molecule has 1 aromatic heterocycles. The van der Waals surface area contributed by atoms with Crippen LogP contribution in [-0.2, 0) is 7.05 Å². The second-order valence-corrected chi connectivity index (χ2v) is 8.32. The van der Waals surface area contributed by atoms with Crippen LogP contribution in [0, 0.1) is 6.92 Å². The Morgan fingerprint density at radius 3 is 2.16 bits per heavy atom. The molecular weight excluding hydrogens is 388 g/mol. The molecule has 31 heavy (non-hydrogen) atoms. The fraction of sp³-hybridized carbons (Fsp3) is 0.320. The van der Waals surface area contributed by atoms with Crippen LogP contribution in [-0.4, -0.2) is 34.5 Å². The summed E-state index contributed by atoms with van der Waals surface area (Å²) in [4.78, 5) is 32.0. The Bertz CT molecular complexity index is 1160. The third kappa shape index (κ3) is 4.16. The highest BCUT2D eigenvalue weighted by molar-refractivity contribution is 5.94. The first-order valence-electron chi connectivity index (χ1n) is 10.6. The van der Waals surface area contributed by atoms with Crippen LogP contribution < -0.4 is 16.2 Å². The van der Waals surface area contributed by atoms with E-state index >= 15 is 0 Å². The zero-order chi connectivity index (χ0) is 22.1. The molecule has 0 atom stereocenters. The molecule has 0 radical (unpaired) electrons. The summed E-state index contributed by atoms with van der Waals surface area (Å²) in [5, 5.41) is 0. The first-order chi connectivity index (χ1) is 14.8. The summed E-state index contributed by atoms with van der Waals surface area (Å²) in [7, 11) is 1.80. The highest BCUT2D eigenvalue weighted by Gasteiger charge is 2.24. The van der Waals surface area contributed by atoms with Gasteiger partial charge in [0.05, 0.1) is 11.4 Å². The molecule has 0 saturated carbocycles. The highest BCUT2D eigenvalue weighted by Crippen LogP contribution is 2.31. The minimum Gasteiger partial charge on any atom is -0.352 e. The van der Waals surface area contributed by atoms with Crippen LogP contribution in [0.5, 0.6) is 0 Å². The molecule has 1 fully saturated rings. The lowest BCUT2D eigenvalue weighted by Gasteiger charge is -2.31. The van der Waals surface area contributed by atoms with Gasteiger partial charge in [-0.15, -0.1) is 0 Å². The SMILES string of the molecule is CC(=O)c1ccc(-c2nc(N3CCC(N)CC3)c(=O)n(C)c2-c2ccc(C)cc2)cc1. The van der Waals surface area contributed by atoms with Gasteiger partial charge in [0.2, 0.25) is 0 Å². The van der Waals surface area contributed by atoms with Gasteiger partial charge in [-0.05, 0) is 26.7 Å². The summed E-state index contributed by atoms with van der Waals surface area (Å²) in [6, 6.07) is 15.7. The summed E-state index contributed by atoms with van der Waals surface area (Å²) < 4.78 is 1.69. The molecule has 0 amide bonds. The van der Waals surface area contributed by atoms with E-state index in [9.17, 15) is 9.59 Å². The van der Waals surface area contributed by atoms with Gasteiger partial charge < -0.3 is 15.2 Å². The molecule has 1 saturated heterocycles. The number of nitrogens with two attached hydrogens (primary N) is 1. The molecule has 2 heterocycles. The lowest BCUT2D eigenvalue weighted by atomic mass is 10.0. The number of hydrogen-bond acceptors (Lipinski definition) is 5. The van der Waals surface area contributed by atoms with E-state index in [0.717, 1.165) is 54.0 Å². The Morgan fingerprint density at radius 1 is 1.00 bits per heavy atom. The van der Waals surface area contributed by atoms with Gasteiger partial charge in [-0.1, -0.05) is 54.1 Å². The van der Waals surface area contributed by atoms with Crippen LogP contribution in [0.25, 0.3) is 22.5 Å². The Balaban J connectivity index is 1.91. The highest BCUT2D eigenvalue weighted by atomic mass is 16.1. The van der Waals surface area contributed by atoms with Crippen molar-refractivity contribution in [1.82, 2.24) is 9.55 Å². The molecule has 6 nitrogen and oxygen atoms in total. The Labute approximate surface area is 182 Å². The molecule has 6 heteroatoms. The monoisotopic (exact) mass is 416 g/mol. The minimum absolute atomic E-state index is 0.0177. The topological polar surface area (TPSA) is 81.2 Å². The van der Waals surface area contributed by atoms with Gasteiger partial charge in [-0.2, -0.15) is 0 Å². The molecule has 2 aromatic carbocycles.